The van der Waals surface area contributed by atoms with Gasteiger partial charge in [-0.05, 0) is 86.8 Å². The van der Waals surface area contributed by atoms with E-state index in [0.717, 1.165) is 59.4 Å². The number of benzene rings is 2. The van der Waals surface area contributed by atoms with Crippen molar-refractivity contribution in [3.8, 4) is 0 Å². The average molecular weight is 1080 g/mol. The molecule has 0 atom stereocenters. The molecule has 0 saturated carbocycles. The molecule has 0 bridgehead atoms. The van der Waals surface area contributed by atoms with Crippen LogP contribution in [0.2, 0.25) is 0 Å². The minimum absolute atomic E-state index is 0.935. The standard InChI is InChI=1S/C77H130N2/c1-5-9-13-16-19-22-24-26-28-30-32-33-34-35-36-38-40-42-44-46-48-51-54-57-67-75-74(66-56-53-50-47-45-43-41-39-37-31-29-27-25-23-20-17-14-10-6-2)76(72-64-58-62-70(68-72)60-12-8-4)79(78)77(75)73-65-59-63-71(69-73)61-55-52-49-21-18-15-11-7-3/h56-59,62-69H,5-55,60-61H2,1-4H3. The number of unbranched alkanes of at least 4 members (excludes halogenated alkanes) is 47. The van der Waals surface area contributed by atoms with Gasteiger partial charge in [0.1, 0.15) is 0 Å². The summed E-state index contributed by atoms with van der Waals surface area (Å²) in [4.78, 5) is 0. The Morgan fingerprint density at radius 2 is 0.532 bits per heavy atom. The first-order valence-electron chi connectivity index (χ1n) is 35.6. The second-order valence-corrected chi connectivity index (χ2v) is 25.0. The number of hydrogen-bond donors (Lipinski definition) is 0. The van der Waals surface area contributed by atoms with Gasteiger partial charge in [0.25, 0.3) is 0 Å². The Balaban J connectivity index is 1.56. The molecule has 0 radical (unpaired) electrons. The Bertz CT molecular complexity index is 1860. The Morgan fingerprint density at radius 1 is 0.291 bits per heavy atom. The zero-order chi connectivity index (χ0) is 56.2. The van der Waals surface area contributed by atoms with Crippen LogP contribution < -0.4 is 0 Å². The molecule has 0 N–H and O–H groups in total. The van der Waals surface area contributed by atoms with Crippen LogP contribution in [-0.4, -0.2) is 4.70 Å². The van der Waals surface area contributed by atoms with Crippen molar-refractivity contribution in [1.82, 2.24) is 0 Å². The molecule has 0 amide bonds. The van der Waals surface area contributed by atoms with E-state index in [1.165, 1.54) is 326 Å². The topological polar surface area (TPSA) is 25.3 Å². The molecule has 1 aliphatic rings. The molecule has 0 spiro atoms. The minimum atomic E-state index is 0.935. The Kier molecular flexibility index (Phi) is 46.1. The van der Waals surface area contributed by atoms with E-state index < -0.39 is 0 Å². The molecule has 0 unspecified atom stereocenters. The molecule has 2 aromatic rings. The molecule has 1 aliphatic heterocycles. The Morgan fingerprint density at radius 3 is 0.810 bits per heavy atom. The van der Waals surface area contributed by atoms with Gasteiger partial charge in [-0.2, -0.15) is 0 Å². The third-order valence-electron chi connectivity index (χ3n) is 17.5. The fourth-order valence-electron chi connectivity index (χ4n) is 12.3. The van der Waals surface area contributed by atoms with Crippen molar-refractivity contribution in [3.63, 3.8) is 0 Å². The largest absolute Gasteiger partial charge is 0.493 e. The number of nitrogens with zero attached hydrogens (tertiary/aromatic N) is 2. The van der Waals surface area contributed by atoms with Crippen LogP contribution in [0.4, 0.5) is 0 Å². The summed E-state index contributed by atoms with van der Waals surface area (Å²) in [5.74, 6) is 0. The summed E-state index contributed by atoms with van der Waals surface area (Å²) >= 11 is 0. The van der Waals surface area contributed by atoms with Crippen LogP contribution in [0.5, 0.6) is 0 Å². The monoisotopic (exact) mass is 1080 g/mol. The fraction of sp³-hybridized carbons (Fsp3) is 0.740. The van der Waals surface area contributed by atoms with Crippen molar-refractivity contribution < 1.29 is 4.70 Å². The van der Waals surface area contributed by atoms with Gasteiger partial charge in [0.05, 0.1) is 11.1 Å². The maximum atomic E-state index is 12.6. The average Bonchev–Trinajstić information content (AvgIpc) is 3.85. The maximum absolute atomic E-state index is 12.6. The highest BCUT2D eigenvalue weighted by Crippen LogP contribution is 2.42. The lowest BCUT2D eigenvalue weighted by atomic mass is 9.96. The Labute approximate surface area is 493 Å². The van der Waals surface area contributed by atoms with E-state index in [1.807, 2.05) is 0 Å². The van der Waals surface area contributed by atoms with Gasteiger partial charge in [-0.1, -0.05) is 365 Å². The molecule has 2 nitrogen and oxygen atoms in total. The van der Waals surface area contributed by atoms with Crippen molar-refractivity contribution >= 4 is 11.4 Å². The number of rotatable bonds is 57. The van der Waals surface area contributed by atoms with Crippen molar-refractivity contribution in [2.24, 2.45) is 0 Å². The van der Waals surface area contributed by atoms with Gasteiger partial charge < -0.3 is 5.53 Å². The quantitative estimate of drug-likeness (QED) is 0.0466. The van der Waals surface area contributed by atoms with E-state index in [-0.39, 0.29) is 0 Å². The molecule has 1 heterocycles. The summed E-state index contributed by atoms with van der Waals surface area (Å²) in [5, 5.41) is 0. The third-order valence-corrected chi connectivity index (χ3v) is 17.5. The van der Waals surface area contributed by atoms with E-state index in [1.54, 1.807) is 4.70 Å². The van der Waals surface area contributed by atoms with E-state index in [9.17, 15) is 5.53 Å². The van der Waals surface area contributed by atoms with Gasteiger partial charge in [0.2, 0.25) is 11.4 Å². The molecule has 0 aromatic heterocycles. The highest BCUT2D eigenvalue weighted by Gasteiger charge is 2.34. The summed E-state index contributed by atoms with van der Waals surface area (Å²) in [6.45, 7) is 9.21. The lowest BCUT2D eigenvalue weighted by molar-refractivity contribution is -0.344. The number of allylic oxidation sites excluding steroid dienone is 6. The van der Waals surface area contributed by atoms with Crippen LogP contribution in [-0.2, 0) is 12.8 Å². The lowest BCUT2D eigenvalue weighted by Crippen LogP contribution is -2.03. The first-order valence-corrected chi connectivity index (χ1v) is 35.6. The second-order valence-electron chi connectivity index (χ2n) is 25.0. The summed E-state index contributed by atoms with van der Waals surface area (Å²) < 4.78 is 1.57. The highest BCUT2D eigenvalue weighted by molar-refractivity contribution is 5.86. The van der Waals surface area contributed by atoms with Crippen molar-refractivity contribution in [3.05, 3.63) is 112 Å². The van der Waals surface area contributed by atoms with Gasteiger partial charge in [-0.15, -0.1) is 0 Å². The molecule has 448 valence electrons. The van der Waals surface area contributed by atoms with Crippen LogP contribution >= 0.6 is 0 Å². The van der Waals surface area contributed by atoms with Crippen LogP contribution in [0.1, 0.15) is 377 Å². The maximum Gasteiger partial charge on any atom is 0.215 e. The molecule has 3 rings (SSSR count). The zero-order valence-corrected chi connectivity index (χ0v) is 53.3. The van der Waals surface area contributed by atoms with E-state index >= 15 is 0 Å². The normalized spacial score (nSPS) is 13.0. The summed E-state index contributed by atoms with van der Waals surface area (Å²) in [6.07, 6.45) is 82.1. The molecule has 2 aromatic carbocycles. The predicted molar refractivity (Wildman–Crippen MR) is 354 cm³/mol. The van der Waals surface area contributed by atoms with Crippen LogP contribution in [0.25, 0.3) is 16.9 Å². The molecular formula is C77H130N2. The Hall–Kier alpha value is -3.00. The molecule has 2 heteroatoms. The number of hydrogen-bond acceptors (Lipinski definition) is 0. The molecule has 0 aliphatic carbocycles. The summed E-state index contributed by atoms with van der Waals surface area (Å²) in [5.41, 5.74) is 21.8. The van der Waals surface area contributed by atoms with Gasteiger partial charge in [0, 0.05) is 11.1 Å². The van der Waals surface area contributed by atoms with E-state index in [4.69, 9.17) is 0 Å². The van der Waals surface area contributed by atoms with Gasteiger partial charge >= 0.3 is 0 Å². The van der Waals surface area contributed by atoms with E-state index in [2.05, 4.69) is 101 Å². The molecule has 0 fully saturated rings. The lowest BCUT2D eigenvalue weighted by Gasteiger charge is -2.11. The van der Waals surface area contributed by atoms with Crippen LogP contribution in [0.15, 0.2) is 84.0 Å². The predicted octanol–water partition coefficient (Wildman–Crippen LogP) is 27.0. The van der Waals surface area contributed by atoms with E-state index in [0.29, 0.717) is 0 Å². The summed E-state index contributed by atoms with van der Waals surface area (Å²) in [7, 11) is 0. The van der Waals surface area contributed by atoms with Gasteiger partial charge in [-0.3, -0.25) is 0 Å². The molecule has 79 heavy (non-hydrogen) atoms. The van der Waals surface area contributed by atoms with Crippen molar-refractivity contribution in [2.75, 3.05) is 0 Å². The summed E-state index contributed by atoms with van der Waals surface area (Å²) in [6, 6.07) is 18.2. The zero-order valence-electron chi connectivity index (χ0n) is 53.3. The highest BCUT2D eigenvalue weighted by atomic mass is 15.2. The minimum Gasteiger partial charge on any atom is -0.493 e. The molecule has 0 saturated heterocycles. The van der Waals surface area contributed by atoms with Crippen LogP contribution in [0, 0.1) is 0 Å². The molecular weight excluding hydrogens is 953 g/mol. The second kappa shape index (κ2) is 51.8. The number of aryl methyl sites for hydroxylation is 2. The van der Waals surface area contributed by atoms with Gasteiger partial charge in [-0.25, -0.2) is 4.70 Å². The first-order chi connectivity index (χ1) is 39.1. The first kappa shape index (κ1) is 70.3. The van der Waals surface area contributed by atoms with Crippen molar-refractivity contribution in [2.45, 2.75) is 368 Å². The fourth-order valence-corrected chi connectivity index (χ4v) is 12.3. The van der Waals surface area contributed by atoms with Gasteiger partial charge in [0.15, 0.2) is 0 Å². The van der Waals surface area contributed by atoms with Crippen molar-refractivity contribution in [1.29, 1.82) is 0 Å². The third kappa shape index (κ3) is 35.6. The smallest absolute Gasteiger partial charge is 0.215 e. The SMILES string of the molecule is CCCCCCCCCCCCCCCCCCCC=CC1=C(c2cccc(CCCC)c2)[N+](=[N-])C(c2cccc(CCCCCCCCCC)c2)=C1C=CCCCCCCCCCCCCCCCCCCCCCCCC. The van der Waals surface area contributed by atoms with Crippen LogP contribution in [0.3, 0.4) is 0 Å².